The molecule has 2 N–H and O–H groups in total. The van der Waals surface area contributed by atoms with E-state index >= 15 is 0 Å². The highest BCUT2D eigenvalue weighted by Crippen LogP contribution is 2.30. The van der Waals surface area contributed by atoms with Gasteiger partial charge in [0.15, 0.2) is 0 Å². The second-order valence-corrected chi connectivity index (χ2v) is 4.50. The minimum absolute atomic E-state index is 0.0261. The van der Waals surface area contributed by atoms with Gasteiger partial charge >= 0.3 is 12.1 Å². The molecule has 1 unspecified atom stereocenters. The molecule has 0 fully saturated rings. The molecule has 0 spiro atoms. The van der Waals surface area contributed by atoms with Crippen LogP contribution in [0, 0.1) is 0 Å². The van der Waals surface area contributed by atoms with Gasteiger partial charge in [-0.2, -0.15) is 0 Å². The predicted molar refractivity (Wildman–Crippen MR) is 77.7 cm³/mol. The Bertz CT molecular complexity index is 532. The van der Waals surface area contributed by atoms with Gasteiger partial charge in [0, 0.05) is 10.6 Å². The maximum atomic E-state index is 11.6. The number of hydrogen-bond acceptors (Lipinski definition) is 4. The van der Waals surface area contributed by atoms with Crippen LogP contribution in [-0.4, -0.2) is 30.9 Å². The molecule has 0 saturated carbocycles. The summed E-state index contributed by atoms with van der Waals surface area (Å²) < 4.78 is 9.96. The zero-order chi connectivity index (χ0) is 15.8. The number of benzene rings is 1. The summed E-state index contributed by atoms with van der Waals surface area (Å²) in [5, 5.41) is 11.9. The molecule has 0 aromatic heterocycles. The molecular weight excluding hydrogens is 298 g/mol. The van der Waals surface area contributed by atoms with Gasteiger partial charge in [-0.1, -0.05) is 24.3 Å². The Kier molecular flexibility index (Phi) is 6.55. The van der Waals surface area contributed by atoms with E-state index in [2.05, 4.69) is 11.9 Å². The number of alkyl carbamates (subject to hydrolysis) is 1. The lowest BCUT2D eigenvalue weighted by Gasteiger charge is -2.19. The zero-order valence-corrected chi connectivity index (χ0v) is 12.2. The third-order valence-electron chi connectivity index (χ3n) is 2.57. The second kappa shape index (κ2) is 8.16. The summed E-state index contributed by atoms with van der Waals surface area (Å²) in [7, 11) is 1.45. The SMILES string of the molecule is C=CCOC(=O)NC(CC(=O)O)c1cc(Cl)ccc1OC. The number of carbonyl (C=O) groups excluding carboxylic acids is 1. The summed E-state index contributed by atoms with van der Waals surface area (Å²) in [5.41, 5.74) is 0.461. The molecule has 1 atom stereocenters. The predicted octanol–water partition coefficient (Wildman–Crippen LogP) is 2.78. The molecule has 6 nitrogen and oxygen atoms in total. The molecule has 1 aromatic rings. The Balaban J connectivity index is 3.01. The smallest absolute Gasteiger partial charge is 0.407 e. The van der Waals surface area contributed by atoms with Crippen LogP contribution in [0.4, 0.5) is 4.79 Å². The molecule has 0 bridgehead atoms. The van der Waals surface area contributed by atoms with E-state index < -0.39 is 18.1 Å². The van der Waals surface area contributed by atoms with Gasteiger partial charge in [0.25, 0.3) is 0 Å². The minimum atomic E-state index is -1.08. The topological polar surface area (TPSA) is 84.9 Å². The number of hydrogen-bond donors (Lipinski definition) is 2. The molecule has 114 valence electrons. The molecule has 0 heterocycles. The molecule has 0 aliphatic heterocycles. The van der Waals surface area contributed by atoms with E-state index in [1.54, 1.807) is 18.2 Å². The summed E-state index contributed by atoms with van der Waals surface area (Å²) in [5.74, 6) is -0.652. The second-order valence-electron chi connectivity index (χ2n) is 4.07. The first-order valence-corrected chi connectivity index (χ1v) is 6.45. The Morgan fingerprint density at radius 3 is 2.81 bits per heavy atom. The zero-order valence-electron chi connectivity index (χ0n) is 11.5. The van der Waals surface area contributed by atoms with Crippen LogP contribution in [0.5, 0.6) is 5.75 Å². The number of aliphatic carboxylic acids is 1. The Morgan fingerprint density at radius 2 is 2.24 bits per heavy atom. The quantitative estimate of drug-likeness (QED) is 0.756. The maximum absolute atomic E-state index is 11.6. The highest BCUT2D eigenvalue weighted by Gasteiger charge is 2.22. The van der Waals surface area contributed by atoms with E-state index in [0.717, 1.165) is 0 Å². The van der Waals surface area contributed by atoms with Gasteiger partial charge in [-0.3, -0.25) is 4.79 Å². The number of nitrogens with one attached hydrogen (secondary N) is 1. The first-order chi connectivity index (χ1) is 9.97. The molecular formula is C14H16ClNO5. The number of carboxylic acids is 1. The van der Waals surface area contributed by atoms with Gasteiger partial charge in [-0.15, -0.1) is 0 Å². The summed E-state index contributed by atoms with van der Waals surface area (Å²) in [6.45, 7) is 3.45. The Labute approximate surface area is 127 Å². The van der Waals surface area contributed by atoms with Crippen molar-refractivity contribution < 1.29 is 24.2 Å². The average molecular weight is 314 g/mol. The molecule has 0 radical (unpaired) electrons. The van der Waals surface area contributed by atoms with Crippen molar-refractivity contribution in [3.05, 3.63) is 41.4 Å². The lowest BCUT2D eigenvalue weighted by molar-refractivity contribution is -0.137. The molecule has 1 rings (SSSR count). The number of amides is 1. The van der Waals surface area contributed by atoms with Crippen LogP contribution >= 0.6 is 11.6 Å². The van der Waals surface area contributed by atoms with Crippen LogP contribution in [0.3, 0.4) is 0 Å². The first-order valence-electron chi connectivity index (χ1n) is 6.07. The van der Waals surface area contributed by atoms with E-state index in [-0.39, 0.29) is 13.0 Å². The van der Waals surface area contributed by atoms with Crippen molar-refractivity contribution in [2.24, 2.45) is 0 Å². The number of carbonyl (C=O) groups is 2. The van der Waals surface area contributed by atoms with Gasteiger partial charge in [-0.25, -0.2) is 4.79 Å². The normalized spacial score (nSPS) is 11.3. The standard InChI is InChI=1S/C14H16ClNO5/c1-3-6-21-14(19)16-11(8-13(17)18)10-7-9(15)4-5-12(10)20-2/h3-5,7,11H,1,6,8H2,2H3,(H,16,19)(H,17,18). The van der Waals surface area contributed by atoms with Crippen molar-refractivity contribution in [2.75, 3.05) is 13.7 Å². The monoisotopic (exact) mass is 313 g/mol. The van der Waals surface area contributed by atoms with Gasteiger partial charge in [-0.05, 0) is 18.2 Å². The molecule has 1 aromatic carbocycles. The van der Waals surface area contributed by atoms with Crippen LogP contribution in [0.15, 0.2) is 30.9 Å². The molecule has 1 amide bonds. The van der Waals surface area contributed by atoms with Crippen LogP contribution in [0.2, 0.25) is 5.02 Å². The van der Waals surface area contributed by atoms with Crippen LogP contribution in [-0.2, 0) is 9.53 Å². The van der Waals surface area contributed by atoms with Crippen molar-refractivity contribution in [3.63, 3.8) is 0 Å². The first kappa shape index (κ1) is 16.8. The lowest BCUT2D eigenvalue weighted by atomic mass is 10.0. The van der Waals surface area contributed by atoms with Crippen molar-refractivity contribution in [1.82, 2.24) is 5.32 Å². The van der Waals surface area contributed by atoms with Gasteiger partial charge in [0.05, 0.1) is 19.6 Å². The summed E-state index contributed by atoms with van der Waals surface area (Å²) >= 11 is 5.91. The fraction of sp³-hybridized carbons (Fsp3) is 0.286. The van der Waals surface area contributed by atoms with Crippen LogP contribution in [0.25, 0.3) is 0 Å². The van der Waals surface area contributed by atoms with Gasteiger partial charge < -0.3 is 19.9 Å². The lowest BCUT2D eigenvalue weighted by Crippen LogP contribution is -2.31. The van der Waals surface area contributed by atoms with E-state index in [4.69, 9.17) is 26.2 Å². The fourth-order valence-electron chi connectivity index (χ4n) is 1.71. The molecule has 0 aliphatic carbocycles. The summed E-state index contributed by atoms with van der Waals surface area (Å²) in [4.78, 5) is 22.6. The molecule has 21 heavy (non-hydrogen) atoms. The number of ether oxygens (including phenoxy) is 2. The highest BCUT2D eigenvalue weighted by molar-refractivity contribution is 6.30. The van der Waals surface area contributed by atoms with E-state index in [1.165, 1.54) is 13.2 Å². The number of rotatable bonds is 7. The van der Waals surface area contributed by atoms with Crippen molar-refractivity contribution in [3.8, 4) is 5.75 Å². The Hall–Kier alpha value is -2.21. The molecule has 7 heteroatoms. The maximum Gasteiger partial charge on any atom is 0.407 e. The largest absolute Gasteiger partial charge is 0.496 e. The third-order valence-corrected chi connectivity index (χ3v) is 2.81. The number of carboxylic acid groups (broad SMARTS) is 1. The number of halogens is 1. The molecule has 0 saturated heterocycles. The van der Waals surface area contributed by atoms with Crippen molar-refractivity contribution >= 4 is 23.7 Å². The minimum Gasteiger partial charge on any atom is -0.496 e. The van der Waals surface area contributed by atoms with E-state index in [9.17, 15) is 9.59 Å². The average Bonchev–Trinajstić information content (AvgIpc) is 2.43. The molecule has 0 aliphatic rings. The van der Waals surface area contributed by atoms with E-state index in [0.29, 0.717) is 16.3 Å². The van der Waals surface area contributed by atoms with Crippen LogP contribution < -0.4 is 10.1 Å². The van der Waals surface area contributed by atoms with Crippen molar-refractivity contribution in [2.45, 2.75) is 12.5 Å². The van der Waals surface area contributed by atoms with Gasteiger partial charge in [0.1, 0.15) is 12.4 Å². The van der Waals surface area contributed by atoms with Crippen molar-refractivity contribution in [1.29, 1.82) is 0 Å². The number of methoxy groups -OCH3 is 1. The Morgan fingerprint density at radius 1 is 1.52 bits per heavy atom. The summed E-state index contributed by atoms with van der Waals surface area (Å²) in [6.07, 6.45) is 0.328. The van der Waals surface area contributed by atoms with E-state index in [1.807, 2.05) is 0 Å². The highest BCUT2D eigenvalue weighted by atomic mass is 35.5. The fourth-order valence-corrected chi connectivity index (χ4v) is 1.89. The summed E-state index contributed by atoms with van der Waals surface area (Å²) in [6, 6.07) is 3.93. The van der Waals surface area contributed by atoms with Gasteiger partial charge in [0.2, 0.25) is 0 Å². The van der Waals surface area contributed by atoms with Crippen LogP contribution in [0.1, 0.15) is 18.0 Å². The third kappa shape index (κ3) is 5.35.